The van der Waals surface area contributed by atoms with Crippen molar-refractivity contribution in [1.82, 2.24) is 0 Å². The first kappa shape index (κ1) is 19.8. The third kappa shape index (κ3) is 19.0. The smallest absolute Gasteiger partial charge is 1.00 e. The molecule has 0 aromatic carbocycles. The zero-order valence-electron chi connectivity index (χ0n) is 12.2. The molecule has 100 valence electrons. The molecule has 6 heteroatoms. The zero-order chi connectivity index (χ0) is 12.3. The molecule has 0 atom stereocenters. The van der Waals surface area contributed by atoms with E-state index in [0.29, 0.717) is 6.42 Å². The van der Waals surface area contributed by atoms with Crippen LogP contribution in [-0.4, -0.2) is 19.6 Å². The van der Waals surface area contributed by atoms with E-state index in [1.54, 1.807) is 0 Å². The van der Waals surface area contributed by atoms with Gasteiger partial charge in [0.1, 0.15) is 0 Å². The maximum Gasteiger partial charge on any atom is 1.00 e. The summed E-state index contributed by atoms with van der Waals surface area (Å²) in [4.78, 5) is 0. The van der Waals surface area contributed by atoms with Crippen molar-refractivity contribution in [3.8, 4) is 0 Å². The van der Waals surface area contributed by atoms with Crippen molar-refractivity contribution < 1.29 is 37.4 Å². The Hall–Kier alpha value is 0.467. The van der Waals surface area contributed by atoms with E-state index in [0.717, 1.165) is 12.8 Å². The summed E-state index contributed by atoms with van der Waals surface area (Å²) < 4.78 is 32.9. The van der Waals surface area contributed by atoms with Gasteiger partial charge in [-0.15, -0.1) is 0 Å². The van der Waals surface area contributed by atoms with Crippen LogP contribution in [0.15, 0.2) is 0 Å². The van der Waals surface area contributed by atoms with Gasteiger partial charge in [0.15, 0.2) is 0 Å². The predicted molar refractivity (Wildman–Crippen MR) is 65.8 cm³/mol. The van der Waals surface area contributed by atoms with E-state index in [1.807, 2.05) is 0 Å². The van der Waals surface area contributed by atoms with Crippen molar-refractivity contribution in [1.29, 1.82) is 0 Å². The summed E-state index contributed by atoms with van der Waals surface area (Å²) in [6, 6.07) is 0. The second kappa shape index (κ2) is 12.9. The van der Waals surface area contributed by atoms with Crippen LogP contribution >= 0.6 is 0 Å². The van der Waals surface area contributed by atoms with E-state index in [1.165, 1.54) is 38.5 Å². The molecule has 4 nitrogen and oxygen atoms in total. The minimum Gasteiger partial charge on any atom is -1.00 e. The Balaban J connectivity index is -0.00000112. The molecular formula is C11H25LiO4S. The summed E-state index contributed by atoms with van der Waals surface area (Å²) in [5, 5.41) is 0. The minimum absolute atomic E-state index is 0. The molecular weight excluding hydrogens is 235 g/mol. The van der Waals surface area contributed by atoms with E-state index in [2.05, 4.69) is 11.1 Å². The number of hydrogen-bond donors (Lipinski definition) is 1. The average molecular weight is 260 g/mol. The van der Waals surface area contributed by atoms with Crippen molar-refractivity contribution in [3.05, 3.63) is 0 Å². The molecule has 0 aliphatic rings. The molecule has 0 heterocycles. The summed E-state index contributed by atoms with van der Waals surface area (Å²) in [7, 11) is -4.23. The minimum atomic E-state index is -4.23. The summed E-state index contributed by atoms with van der Waals surface area (Å²) in [6.07, 6.45) is 10.4. The number of hydrogen-bond acceptors (Lipinski definition) is 3. The first-order chi connectivity index (χ1) is 7.56. The maximum atomic E-state index is 10.2. The topological polar surface area (TPSA) is 63.6 Å². The van der Waals surface area contributed by atoms with Crippen molar-refractivity contribution in [2.24, 2.45) is 0 Å². The Labute approximate surface area is 119 Å². The fourth-order valence-corrected chi connectivity index (χ4v) is 1.91. The summed E-state index contributed by atoms with van der Waals surface area (Å²) >= 11 is 0. The van der Waals surface area contributed by atoms with Gasteiger partial charge >= 0.3 is 29.3 Å². The van der Waals surface area contributed by atoms with Crippen LogP contribution in [0.25, 0.3) is 0 Å². The fourth-order valence-electron chi connectivity index (χ4n) is 1.58. The molecule has 0 saturated heterocycles. The third-order valence-corrected chi connectivity index (χ3v) is 2.94. The van der Waals surface area contributed by atoms with Gasteiger partial charge in [-0.2, -0.15) is 8.42 Å². The first-order valence-electron chi connectivity index (χ1n) is 6.18. The molecule has 1 N–H and O–H groups in total. The number of rotatable bonds is 11. The molecule has 0 saturated carbocycles. The molecule has 0 aliphatic carbocycles. The third-order valence-electron chi connectivity index (χ3n) is 2.48. The van der Waals surface area contributed by atoms with Crippen molar-refractivity contribution in [3.63, 3.8) is 0 Å². The van der Waals surface area contributed by atoms with Gasteiger partial charge < -0.3 is 1.43 Å². The molecule has 0 fully saturated rings. The Kier molecular flexibility index (Phi) is 15.0. The van der Waals surface area contributed by atoms with Crippen LogP contribution in [0.4, 0.5) is 0 Å². The first-order valence-corrected chi connectivity index (χ1v) is 7.54. The summed E-state index contributed by atoms with van der Waals surface area (Å²) in [5.74, 6) is 0. The van der Waals surface area contributed by atoms with Gasteiger partial charge in [-0.25, -0.2) is 4.18 Å². The fraction of sp³-hybridized carbons (Fsp3) is 1.00. The molecule has 0 rings (SSSR count). The number of unbranched alkanes of at least 4 members (excludes halogenated alkanes) is 8. The summed E-state index contributed by atoms with van der Waals surface area (Å²) in [5.41, 5.74) is 0. The standard InChI is InChI=1S/C11H24O4S.Li.H/c1-2-3-4-5-6-7-8-9-10-11-15-16(12,13)14;;/h2-11H2,1H3,(H,12,13,14);;/q;+1;-1. The molecule has 0 spiro atoms. The van der Waals surface area contributed by atoms with Gasteiger partial charge in [0.2, 0.25) is 0 Å². The summed E-state index contributed by atoms with van der Waals surface area (Å²) in [6.45, 7) is 2.30. The van der Waals surface area contributed by atoms with Crippen LogP contribution < -0.4 is 18.9 Å². The molecule has 0 bridgehead atoms. The second-order valence-corrected chi connectivity index (χ2v) is 5.17. The van der Waals surface area contributed by atoms with Crippen molar-refractivity contribution in [2.75, 3.05) is 6.61 Å². The Morgan fingerprint density at radius 3 is 1.76 bits per heavy atom. The predicted octanol–water partition coefficient (Wildman–Crippen LogP) is 0.453. The molecule has 0 aromatic heterocycles. The average Bonchev–Trinajstić information content (AvgIpc) is 2.19. The van der Waals surface area contributed by atoms with E-state index < -0.39 is 10.4 Å². The molecule has 0 unspecified atom stereocenters. The van der Waals surface area contributed by atoms with Crippen LogP contribution in [0.3, 0.4) is 0 Å². The van der Waals surface area contributed by atoms with Crippen LogP contribution in [0.2, 0.25) is 0 Å². The van der Waals surface area contributed by atoms with E-state index >= 15 is 0 Å². The zero-order valence-corrected chi connectivity index (χ0v) is 12.0. The van der Waals surface area contributed by atoms with Gasteiger partial charge in [-0.05, 0) is 6.42 Å². The van der Waals surface area contributed by atoms with Crippen molar-refractivity contribution in [2.45, 2.75) is 64.7 Å². The molecule has 17 heavy (non-hydrogen) atoms. The molecule has 0 radical (unpaired) electrons. The Morgan fingerprint density at radius 1 is 0.941 bits per heavy atom. The van der Waals surface area contributed by atoms with E-state index in [9.17, 15) is 8.42 Å². The Bertz CT molecular complexity index is 247. The SMILES string of the molecule is CCCCCCCCCCCOS(=O)(=O)O.[H-].[Li+]. The molecule has 0 aromatic rings. The van der Waals surface area contributed by atoms with Gasteiger partial charge in [-0.3, -0.25) is 4.55 Å². The molecule has 0 aliphatic heterocycles. The largest absolute Gasteiger partial charge is 1.00 e. The quantitative estimate of drug-likeness (QED) is 0.333. The van der Waals surface area contributed by atoms with Crippen LogP contribution in [0.5, 0.6) is 0 Å². The maximum absolute atomic E-state index is 10.2. The van der Waals surface area contributed by atoms with Gasteiger partial charge in [0.05, 0.1) is 6.61 Å². The van der Waals surface area contributed by atoms with Crippen molar-refractivity contribution >= 4 is 10.4 Å². The monoisotopic (exact) mass is 260 g/mol. The molecule has 0 amide bonds. The van der Waals surface area contributed by atoms with Gasteiger partial charge in [0.25, 0.3) is 0 Å². The second-order valence-electron chi connectivity index (χ2n) is 4.08. The Morgan fingerprint density at radius 2 is 1.35 bits per heavy atom. The normalized spacial score (nSPS) is 11.2. The van der Waals surface area contributed by atoms with E-state index in [-0.39, 0.29) is 26.9 Å². The van der Waals surface area contributed by atoms with Gasteiger partial charge in [-0.1, -0.05) is 58.3 Å². The van der Waals surface area contributed by atoms with E-state index in [4.69, 9.17) is 4.55 Å². The van der Waals surface area contributed by atoms with Crippen LogP contribution in [0, 0.1) is 0 Å². The van der Waals surface area contributed by atoms with Crippen LogP contribution in [0.1, 0.15) is 66.1 Å². The van der Waals surface area contributed by atoms with Gasteiger partial charge in [0, 0.05) is 0 Å². The van der Waals surface area contributed by atoms with Crippen LogP contribution in [-0.2, 0) is 14.6 Å².